The lowest BCUT2D eigenvalue weighted by Gasteiger charge is -2.31. The maximum absolute atomic E-state index is 11.7. The van der Waals surface area contributed by atoms with Gasteiger partial charge in [-0.25, -0.2) is 0 Å². The van der Waals surface area contributed by atoms with Crippen molar-refractivity contribution in [3.63, 3.8) is 0 Å². The second kappa shape index (κ2) is 14.7. The van der Waals surface area contributed by atoms with Gasteiger partial charge >= 0.3 is 0 Å². The van der Waals surface area contributed by atoms with Crippen molar-refractivity contribution in [2.75, 3.05) is 39.5 Å². The van der Waals surface area contributed by atoms with E-state index in [0.717, 1.165) is 56.3 Å². The zero-order valence-electron chi connectivity index (χ0n) is 27.2. The fraction of sp³-hybridized carbons (Fsp3) is 0.444. The molecule has 1 aliphatic rings. The minimum atomic E-state index is -0.413. The SMILES string of the molecule is CC(C)(Cc1c(SC(C)(C)C)c2cc(SCc3ccccn3)ccc2n1Cc1ccc(C(N)=O)cc1)OCCN1CCOCC1. The summed E-state index contributed by atoms with van der Waals surface area (Å²) in [7, 11) is 0. The molecule has 9 heteroatoms. The molecule has 0 saturated carbocycles. The zero-order chi connectivity index (χ0) is 32.0. The largest absolute Gasteiger partial charge is 0.379 e. The quantitative estimate of drug-likeness (QED) is 0.156. The summed E-state index contributed by atoms with van der Waals surface area (Å²) in [6, 6.07) is 20.6. The van der Waals surface area contributed by atoms with E-state index >= 15 is 0 Å². The number of pyridine rings is 1. The summed E-state index contributed by atoms with van der Waals surface area (Å²) in [4.78, 5) is 21.2. The fourth-order valence-corrected chi connectivity index (χ4v) is 7.59. The van der Waals surface area contributed by atoms with Gasteiger partial charge in [-0.2, -0.15) is 0 Å². The fourth-order valence-electron chi connectivity index (χ4n) is 5.55. The molecule has 1 amide bonds. The van der Waals surface area contributed by atoms with Crippen molar-refractivity contribution < 1.29 is 14.3 Å². The van der Waals surface area contributed by atoms with Gasteiger partial charge in [0.2, 0.25) is 5.91 Å². The van der Waals surface area contributed by atoms with Gasteiger partial charge in [-0.1, -0.05) is 39.0 Å². The zero-order valence-corrected chi connectivity index (χ0v) is 28.8. The molecule has 2 aromatic carbocycles. The van der Waals surface area contributed by atoms with Crippen LogP contribution in [0.15, 0.2) is 76.7 Å². The maximum Gasteiger partial charge on any atom is 0.248 e. The van der Waals surface area contributed by atoms with Gasteiger partial charge in [0.05, 0.1) is 31.1 Å². The first kappa shape index (κ1) is 33.5. The van der Waals surface area contributed by atoms with Crippen LogP contribution < -0.4 is 5.73 Å². The Morgan fingerprint density at radius 1 is 1.02 bits per heavy atom. The third-order valence-corrected chi connectivity index (χ3v) is 10.1. The number of thioether (sulfide) groups is 2. The number of nitrogens with two attached hydrogens (primary N) is 1. The number of carbonyl (C=O) groups excluding carboxylic acids is 1. The van der Waals surface area contributed by atoms with Crippen LogP contribution >= 0.6 is 23.5 Å². The number of morpholine rings is 1. The van der Waals surface area contributed by atoms with E-state index in [4.69, 9.17) is 15.2 Å². The van der Waals surface area contributed by atoms with E-state index in [9.17, 15) is 4.79 Å². The summed E-state index contributed by atoms with van der Waals surface area (Å²) >= 11 is 3.74. The highest BCUT2D eigenvalue weighted by molar-refractivity contribution is 8.01. The predicted octanol–water partition coefficient (Wildman–Crippen LogP) is 7.04. The minimum absolute atomic E-state index is 0.00936. The van der Waals surface area contributed by atoms with Gasteiger partial charge in [0, 0.05) is 81.2 Å². The summed E-state index contributed by atoms with van der Waals surface area (Å²) in [5.74, 6) is 0.405. The Morgan fingerprint density at radius 3 is 2.44 bits per heavy atom. The smallest absolute Gasteiger partial charge is 0.248 e. The molecule has 7 nitrogen and oxygen atoms in total. The average molecular weight is 647 g/mol. The molecule has 45 heavy (non-hydrogen) atoms. The van der Waals surface area contributed by atoms with Crippen molar-refractivity contribution in [1.82, 2.24) is 14.5 Å². The Hall–Kier alpha value is -2.82. The molecular formula is C36H46N4O3S2. The minimum Gasteiger partial charge on any atom is -0.379 e. The summed E-state index contributed by atoms with van der Waals surface area (Å²) in [5, 5.41) is 1.26. The maximum atomic E-state index is 11.7. The summed E-state index contributed by atoms with van der Waals surface area (Å²) < 4.78 is 14.6. The van der Waals surface area contributed by atoms with Gasteiger partial charge < -0.3 is 19.8 Å². The number of benzene rings is 2. The van der Waals surface area contributed by atoms with Crippen LogP contribution in [0.3, 0.4) is 0 Å². The molecule has 0 aliphatic carbocycles. The Bertz CT molecular complexity index is 1570. The molecule has 1 saturated heterocycles. The van der Waals surface area contributed by atoms with Crippen LogP contribution in [0.25, 0.3) is 10.9 Å². The summed E-state index contributed by atoms with van der Waals surface area (Å²) in [6.45, 7) is 17.0. The monoisotopic (exact) mass is 646 g/mol. The highest BCUT2D eigenvalue weighted by Crippen LogP contribution is 2.44. The Morgan fingerprint density at radius 2 is 1.78 bits per heavy atom. The molecule has 240 valence electrons. The molecule has 1 aliphatic heterocycles. The van der Waals surface area contributed by atoms with Crippen LogP contribution in [0.4, 0.5) is 0 Å². The van der Waals surface area contributed by atoms with Crippen molar-refractivity contribution in [2.24, 2.45) is 5.73 Å². The molecule has 0 unspecified atom stereocenters. The molecule has 2 N–H and O–H groups in total. The Kier molecular flexibility index (Phi) is 11.0. The lowest BCUT2D eigenvalue weighted by Crippen LogP contribution is -2.40. The standard InChI is InChI=1S/C36H46N4O3S2/c1-35(2,3)45-33-30-22-29(44-25-28-8-6-7-15-38-28)13-14-31(30)40(24-26-9-11-27(12-10-26)34(37)41)32(33)23-36(4,5)43-21-18-39-16-19-42-20-17-39/h6-15,22H,16-21,23-25H2,1-5H3,(H2,37,41). The van der Waals surface area contributed by atoms with Crippen LogP contribution in [0.2, 0.25) is 0 Å². The third kappa shape index (κ3) is 9.36. The van der Waals surface area contributed by atoms with Gasteiger partial charge in [-0.3, -0.25) is 14.7 Å². The van der Waals surface area contributed by atoms with Crippen molar-refractivity contribution in [3.8, 4) is 0 Å². The van der Waals surface area contributed by atoms with Crippen molar-refractivity contribution in [3.05, 3.63) is 89.4 Å². The second-order valence-electron chi connectivity index (χ2n) is 13.2. The molecule has 0 bridgehead atoms. The Balaban J connectivity index is 1.51. The number of carbonyl (C=O) groups is 1. The molecule has 1 fully saturated rings. The predicted molar refractivity (Wildman–Crippen MR) is 186 cm³/mol. The van der Waals surface area contributed by atoms with Crippen LogP contribution in [-0.2, 0) is 28.2 Å². The first-order valence-electron chi connectivity index (χ1n) is 15.7. The van der Waals surface area contributed by atoms with E-state index in [0.29, 0.717) is 18.7 Å². The molecule has 5 rings (SSSR count). The van der Waals surface area contributed by atoms with Gasteiger partial charge in [-0.15, -0.1) is 23.5 Å². The van der Waals surface area contributed by atoms with E-state index in [1.165, 1.54) is 26.4 Å². The number of hydrogen-bond donors (Lipinski definition) is 1. The summed E-state index contributed by atoms with van der Waals surface area (Å²) in [5.41, 5.74) is 10.3. The number of aromatic nitrogens is 2. The highest BCUT2D eigenvalue weighted by Gasteiger charge is 2.29. The van der Waals surface area contributed by atoms with Crippen LogP contribution in [0.1, 0.15) is 61.9 Å². The van der Waals surface area contributed by atoms with E-state index in [1.807, 2.05) is 66.1 Å². The molecule has 0 radical (unpaired) electrons. The number of hydrogen-bond acceptors (Lipinski definition) is 7. The van der Waals surface area contributed by atoms with Crippen LogP contribution in [-0.4, -0.2) is 70.2 Å². The summed E-state index contributed by atoms with van der Waals surface area (Å²) in [6.07, 6.45) is 2.61. The van der Waals surface area contributed by atoms with Gasteiger partial charge in [0.15, 0.2) is 0 Å². The van der Waals surface area contributed by atoms with E-state index in [1.54, 1.807) is 0 Å². The van der Waals surface area contributed by atoms with Crippen molar-refractivity contribution in [1.29, 1.82) is 0 Å². The number of amides is 1. The molecule has 0 atom stereocenters. The first-order chi connectivity index (χ1) is 21.5. The number of rotatable bonds is 13. The number of fused-ring (bicyclic) bond motifs is 1. The number of nitrogens with zero attached hydrogens (tertiary/aromatic N) is 3. The number of primary amides is 1. The molecule has 0 spiro atoms. The highest BCUT2D eigenvalue weighted by atomic mass is 32.2. The van der Waals surface area contributed by atoms with Crippen molar-refractivity contribution in [2.45, 2.75) is 73.5 Å². The second-order valence-corrected chi connectivity index (χ2v) is 16.1. The third-order valence-electron chi connectivity index (χ3n) is 7.79. The van der Waals surface area contributed by atoms with Gasteiger partial charge in [0.25, 0.3) is 0 Å². The first-order valence-corrected chi connectivity index (χ1v) is 17.5. The topological polar surface area (TPSA) is 82.6 Å². The number of ether oxygens (including phenoxy) is 2. The molecule has 4 aromatic rings. The van der Waals surface area contributed by atoms with Gasteiger partial charge in [0.1, 0.15) is 0 Å². The van der Waals surface area contributed by atoms with E-state index < -0.39 is 5.91 Å². The normalized spacial score (nSPS) is 14.7. The molecular weight excluding hydrogens is 601 g/mol. The van der Waals surface area contributed by atoms with E-state index in [2.05, 4.69) is 73.3 Å². The lowest BCUT2D eigenvalue weighted by atomic mass is 10.0. The van der Waals surface area contributed by atoms with Crippen LogP contribution in [0.5, 0.6) is 0 Å². The van der Waals surface area contributed by atoms with Crippen molar-refractivity contribution >= 4 is 40.3 Å². The average Bonchev–Trinajstić information content (AvgIpc) is 3.26. The Labute approximate surface area is 276 Å². The molecule has 2 aromatic heterocycles. The lowest BCUT2D eigenvalue weighted by molar-refractivity contribution is -0.0390. The van der Waals surface area contributed by atoms with Crippen LogP contribution in [0, 0.1) is 0 Å². The van der Waals surface area contributed by atoms with Gasteiger partial charge in [-0.05, 0) is 61.9 Å². The molecule has 3 heterocycles. The van der Waals surface area contributed by atoms with E-state index in [-0.39, 0.29) is 10.3 Å².